The molecule has 3 rings (SSSR count). The average molecular weight is 213 g/mol. The summed E-state index contributed by atoms with van der Waals surface area (Å²) in [5.41, 5.74) is 2.75. The van der Waals surface area contributed by atoms with Gasteiger partial charge in [0.05, 0.1) is 18.2 Å². The van der Waals surface area contributed by atoms with E-state index in [1.807, 2.05) is 12.1 Å². The second-order valence-electron chi connectivity index (χ2n) is 3.82. The highest BCUT2D eigenvalue weighted by Crippen LogP contribution is 2.27. The number of allylic oxidation sites excluding steroid dienone is 1. The van der Waals surface area contributed by atoms with Crippen LogP contribution in [0.2, 0.25) is 0 Å². The highest BCUT2D eigenvalue weighted by atomic mass is 16.5. The predicted molar refractivity (Wildman–Crippen MR) is 62.3 cm³/mol. The molecule has 1 aliphatic rings. The highest BCUT2D eigenvalue weighted by Gasteiger charge is 2.17. The molecule has 0 saturated carbocycles. The Morgan fingerprint density at radius 3 is 3.12 bits per heavy atom. The fourth-order valence-electron chi connectivity index (χ4n) is 2.23. The summed E-state index contributed by atoms with van der Waals surface area (Å²) in [5, 5.41) is 1.09. The fraction of sp³-hybridized carbons (Fsp3) is 0.154. The van der Waals surface area contributed by atoms with Crippen molar-refractivity contribution in [2.45, 2.75) is 6.54 Å². The van der Waals surface area contributed by atoms with Crippen LogP contribution in [0.5, 0.6) is 0 Å². The first-order chi connectivity index (χ1) is 7.81. The molecule has 0 spiro atoms. The van der Waals surface area contributed by atoms with Gasteiger partial charge < -0.3 is 9.30 Å². The highest BCUT2D eigenvalue weighted by molar-refractivity contribution is 6.04. The van der Waals surface area contributed by atoms with Gasteiger partial charge in [0.2, 0.25) is 0 Å². The smallest absolute Gasteiger partial charge is 0.340 e. The summed E-state index contributed by atoms with van der Waals surface area (Å²) >= 11 is 0. The zero-order chi connectivity index (χ0) is 11.1. The Labute approximate surface area is 92.9 Å². The molecule has 0 atom stereocenters. The van der Waals surface area contributed by atoms with Gasteiger partial charge in [-0.15, -0.1) is 0 Å². The Hall–Kier alpha value is -2.03. The Balaban J connectivity index is 2.34. The zero-order valence-corrected chi connectivity index (χ0v) is 8.93. The van der Waals surface area contributed by atoms with Gasteiger partial charge in [-0.2, -0.15) is 0 Å². The minimum atomic E-state index is -0.279. The molecule has 2 heterocycles. The third kappa shape index (κ3) is 1.11. The molecule has 0 amide bonds. The third-order valence-electron chi connectivity index (χ3n) is 2.93. The maximum Gasteiger partial charge on any atom is 0.340 e. The average Bonchev–Trinajstić information content (AvgIpc) is 2.86. The topological polar surface area (TPSA) is 31.2 Å². The van der Waals surface area contributed by atoms with Gasteiger partial charge >= 0.3 is 5.97 Å². The molecule has 3 heteroatoms. The van der Waals surface area contributed by atoms with E-state index in [1.54, 1.807) is 6.07 Å². The van der Waals surface area contributed by atoms with Crippen molar-refractivity contribution in [3.8, 4) is 0 Å². The Bertz CT molecular complexity index is 608. The van der Waals surface area contributed by atoms with Crippen molar-refractivity contribution in [3.63, 3.8) is 0 Å². The van der Waals surface area contributed by atoms with Gasteiger partial charge in [-0.25, -0.2) is 4.79 Å². The molecule has 1 aliphatic heterocycles. The maximum atomic E-state index is 11.7. The van der Waals surface area contributed by atoms with Gasteiger partial charge in [0.1, 0.15) is 0 Å². The molecule has 0 N–H and O–H groups in total. The van der Waals surface area contributed by atoms with Crippen LogP contribution in [-0.2, 0) is 11.3 Å². The van der Waals surface area contributed by atoms with Crippen LogP contribution in [0.3, 0.4) is 0 Å². The minimum Gasteiger partial charge on any atom is -0.465 e. The zero-order valence-electron chi connectivity index (χ0n) is 8.93. The van der Waals surface area contributed by atoms with Crippen LogP contribution >= 0.6 is 0 Å². The van der Waals surface area contributed by atoms with Crippen LogP contribution < -0.4 is 0 Å². The number of fused-ring (bicyclic) bond motifs is 3. The number of aromatic nitrogens is 1. The van der Waals surface area contributed by atoms with E-state index in [-0.39, 0.29) is 5.97 Å². The molecular formula is C13H11NO2. The van der Waals surface area contributed by atoms with E-state index in [2.05, 4.69) is 22.8 Å². The van der Waals surface area contributed by atoms with Crippen molar-refractivity contribution >= 4 is 22.9 Å². The number of ether oxygens (including phenoxy) is 1. The van der Waals surface area contributed by atoms with E-state index < -0.39 is 0 Å². The Kier molecular flexibility index (Phi) is 1.86. The molecule has 0 aliphatic carbocycles. The van der Waals surface area contributed by atoms with E-state index in [0.29, 0.717) is 5.56 Å². The standard InChI is InChI=1S/C13H11NO2/c1-16-13(15)11-6-2-4-9-8-10-5-3-7-14(10)12(9)11/h2-6,8H,7H2,1H3. The van der Waals surface area contributed by atoms with Crippen LogP contribution in [0.4, 0.5) is 0 Å². The fourth-order valence-corrected chi connectivity index (χ4v) is 2.23. The molecule has 1 aromatic carbocycles. The van der Waals surface area contributed by atoms with E-state index in [9.17, 15) is 4.79 Å². The van der Waals surface area contributed by atoms with Crippen LogP contribution in [-0.4, -0.2) is 17.6 Å². The lowest BCUT2D eigenvalue weighted by atomic mass is 10.1. The first-order valence-corrected chi connectivity index (χ1v) is 5.18. The van der Waals surface area contributed by atoms with Crippen LogP contribution in [0.1, 0.15) is 16.1 Å². The molecule has 0 unspecified atom stereocenters. The van der Waals surface area contributed by atoms with Gasteiger partial charge in [0.25, 0.3) is 0 Å². The predicted octanol–water partition coefficient (Wildman–Crippen LogP) is 2.45. The number of para-hydroxylation sites is 1. The van der Waals surface area contributed by atoms with Crippen molar-refractivity contribution in [1.29, 1.82) is 0 Å². The van der Waals surface area contributed by atoms with Crippen molar-refractivity contribution in [2.24, 2.45) is 0 Å². The number of esters is 1. The number of carbonyl (C=O) groups excluding carboxylic acids is 1. The second-order valence-corrected chi connectivity index (χ2v) is 3.82. The number of benzene rings is 1. The van der Waals surface area contributed by atoms with Crippen molar-refractivity contribution < 1.29 is 9.53 Å². The molecule has 0 saturated heterocycles. The summed E-state index contributed by atoms with van der Waals surface area (Å²) in [4.78, 5) is 11.7. The number of hydrogen-bond donors (Lipinski definition) is 0. The summed E-state index contributed by atoms with van der Waals surface area (Å²) in [6.07, 6.45) is 4.16. The van der Waals surface area contributed by atoms with Crippen LogP contribution in [0.25, 0.3) is 17.0 Å². The van der Waals surface area contributed by atoms with E-state index in [1.165, 1.54) is 7.11 Å². The number of nitrogens with zero attached hydrogens (tertiary/aromatic N) is 1. The second kappa shape index (κ2) is 3.23. The van der Waals surface area contributed by atoms with Gasteiger partial charge in [0.15, 0.2) is 0 Å². The normalized spacial score (nSPS) is 13.1. The third-order valence-corrected chi connectivity index (χ3v) is 2.93. The van der Waals surface area contributed by atoms with Gasteiger partial charge in [0, 0.05) is 17.6 Å². The largest absolute Gasteiger partial charge is 0.465 e. The summed E-state index contributed by atoms with van der Waals surface area (Å²) in [6, 6.07) is 7.79. The Morgan fingerprint density at radius 1 is 1.44 bits per heavy atom. The quantitative estimate of drug-likeness (QED) is 0.681. The molecule has 2 aromatic rings. The maximum absolute atomic E-state index is 11.7. The number of rotatable bonds is 1. The molecule has 1 aromatic heterocycles. The summed E-state index contributed by atoms with van der Waals surface area (Å²) in [7, 11) is 1.41. The van der Waals surface area contributed by atoms with Crippen molar-refractivity contribution in [2.75, 3.05) is 7.11 Å². The lowest BCUT2D eigenvalue weighted by molar-refractivity contribution is 0.0602. The molecular weight excluding hydrogens is 202 g/mol. The molecule has 0 radical (unpaired) electrons. The number of hydrogen-bond acceptors (Lipinski definition) is 2. The van der Waals surface area contributed by atoms with E-state index in [0.717, 1.165) is 23.1 Å². The molecule has 80 valence electrons. The SMILES string of the molecule is COC(=O)c1cccc2cc3n(c12)CC=C3. The minimum absolute atomic E-state index is 0.279. The van der Waals surface area contributed by atoms with Crippen LogP contribution in [0, 0.1) is 0 Å². The molecule has 0 fully saturated rings. The molecule has 16 heavy (non-hydrogen) atoms. The summed E-state index contributed by atoms with van der Waals surface area (Å²) in [5.74, 6) is -0.279. The van der Waals surface area contributed by atoms with Crippen molar-refractivity contribution in [1.82, 2.24) is 4.57 Å². The van der Waals surface area contributed by atoms with Gasteiger partial charge in [-0.3, -0.25) is 0 Å². The van der Waals surface area contributed by atoms with Gasteiger partial charge in [-0.1, -0.05) is 18.2 Å². The lowest BCUT2D eigenvalue weighted by Gasteiger charge is -2.05. The monoisotopic (exact) mass is 213 g/mol. The summed E-state index contributed by atoms with van der Waals surface area (Å²) < 4.78 is 6.93. The van der Waals surface area contributed by atoms with E-state index in [4.69, 9.17) is 4.74 Å². The molecule has 3 nitrogen and oxygen atoms in total. The van der Waals surface area contributed by atoms with Crippen LogP contribution in [0.15, 0.2) is 30.3 Å². The first-order valence-electron chi connectivity index (χ1n) is 5.18. The number of carbonyl (C=O) groups is 1. The van der Waals surface area contributed by atoms with E-state index >= 15 is 0 Å². The van der Waals surface area contributed by atoms with Crippen molar-refractivity contribution in [3.05, 3.63) is 41.6 Å². The molecule has 0 bridgehead atoms. The first kappa shape index (κ1) is 9.21. The lowest BCUT2D eigenvalue weighted by Crippen LogP contribution is -2.05. The number of methoxy groups -OCH3 is 1. The van der Waals surface area contributed by atoms with Gasteiger partial charge in [-0.05, 0) is 18.2 Å². The summed E-state index contributed by atoms with van der Waals surface area (Å²) in [6.45, 7) is 0.826. The Morgan fingerprint density at radius 2 is 2.31 bits per heavy atom.